The maximum Gasteiger partial charge on any atom is 0.0826 e. The predicted octanol–water partition coefficient (Wildman–Crippen LogP) is 2.41. The first-order chi connectivity index (χ1) is 6.15. The Morgan fingerprint density at radius 2 is 2.00 bits per heavy atom. The van der Waals surface area contributed by atoms with Crippen molar-refractivity contribution >= 4 is 23.2 Å². The molecule has 2 N–H and O–H groups in total. The minimum atomic E-state index is -0.727. The average Bonchev–Trinajstić information content (AvgIpc) is 2.04. The van der Waals surface area contributed by atoms with Crippen molar-refractivity contribution in [2.24, 2.45) is 0 Å². The van der Waals surface area contributed by atoms with Gasteiger partial charge in [0.05, 0.1) is 6.10 Å². The largest absolute Gasteiger partial charge is 0.396 e. The van der Waals surface area contributed by atoms with Crippen LogP contribution in [0, 0.1) is 0 Å². The van der Waals surface area contributed by atoms with Crippen molar-refractivity contribution in [3.05, 3.63) is 33.8 Å². The molecule has 0 radical (unpaired) electrons. The zero-order chi connectivity index (χ0) is 9.84. The Labute approximate surface area is 86.7 Å². The molecular formula is C9H10Cl2O2. The molecule has 0 aliphatic rings. The van der Waals surface area contributed by atoms with Crippen LogP contribution >= 0.6 is 23.2 Å². The zero-order valence-electron chi connectivity index (χ0n) is 6.87. The molecule has 13 heavy (non-hydrogen) atoms. The summed E-state index contributed by atoms with van der Waals surface area (Å²) in [4.78, 5) is 0. The Bertz CT molecular complexity index is 289. The van der Waals surface area contributed by atoms with Gasteiger partial charge in [-0.25, -0.2) is 0 Å². The van der Waals surface area contributed by atoms with E-state index in [9.17, 15) is 5.11 Å². The molecule has 1 rings (SSSR count). The van der Waals surface area contributed by atoms with Crippen molar-refractivity contribution in [2.45, 2.75) is 12.5 Å². The van der Waals surface area contributed by atoms with Crippen molar-refractivity contribution in [3.63, 3.8) is 0 Å². The van der Waals surface area contributed by atoms with Gasteiger partial charge < -0.3 is 10.2 Å². The first-order valence-electron chi connectivity index (χ1n) is 3.89. The second-order valence-corrected chi connectivity index (χ2v) is 3.54. The molecule has 0 spiro atoms. The summed E-state index contributed by atoms with van der Waals surface area (Å²) in [5.41, 5.74) is 0.597. The van der Waals surface area contributed by atoms with Gasteiger partial charge in [0, 0.05) is 23.1 Å². The Hall–Kier alpha value is -0.280. The highest BCUT2D eigenvalue weighted by atomic mass is 35.5. The minimum absolute atomic E-state index is 0.0693. The first-order valence-corrected chi connectivity index (χ1v) is 4.64. The molecule has 4 heteroatoms. The molecule has 1 aromatic carbocycles. The Morgan fingerprint density at radius 1 is 1.31 bits per heavy atom. The summed E-state index contributed by atoms with van der Waals surface area (Å²) in [6, 6.07) is 4.88. The van der Waals surface area contributed by atoms with Crippen LogP contribution in [-0.4, -0.2) is 16.8 Å². The van der Waals surface area contributed by atoms with Crippen molar-refractivity contribution < 1.29 is 10.2 Å². The van der Waals surface area contributed by atoms with E-state index in [-0.39, 0.29) is 13.0 Å². The van der Waals surface area contributed by atoms with Crippen LogP contribution in [-0.2, 0) is 0 Å². The van der Waals surface area contributed by atoms with Crippen LogP contribution in [0.3, 0.4) is 0 Å². The van der Waals surface area contributed by atoms with Crippen LogP contribution in [0.5, 0.6) is 0 Å². The molecule has 0 saturated heterocycles. The van der Waals surface area contributed by atoms with Gasteiger partial charge in [-0.05, 0) is 17.7 Å². The highest BCUT2D eigenvalue weighted by Gasteiger charge is 2.10. The normalized spacial score (nSPS) is 12.9. The SMILES string of the molecule is OCC[C@H](O)c1ccc(Cl)cc1Cl. The molecule has 1 aromatic rings. The second kappa shape index (κ2) is 4.82. The minimum Gasteiger partial charge on any atom is -0.396 e. The number of hydrogen-bond acceptors (Lipinski definition) is 2. The van der Waals surface area contributed by atoms with Gasteiger partial charge in [0.2, 0.25) is 0 Å². The van der Waals surface area contributed by atoms with Crippen molar-refractivity contribution in [3.8, 4) is 0 Å². The monoisotopic (exact) mass is 220 g/mol. The second-order valence-electron chi connectivity index (χ2n) is 2.69. The smallest absolute Gasteiger partial charge is 0.0826 e. The molecule has 0 saturated carbocycles. The van der Waals surface area contributed by atoms with Crippen LogP contribution in [0.25, 0.3) is 0 Å². The summed E-state index contributed by atoms with van der Waals surface area (Å²) < 4.78 is 0. The molecule has 0 aliphatic carbocycles. The summed E-state index contributed by atoms with van der Waals surface area (Å²) in [5, 5.41) is 19.1. The highest BCUT2D eigenvalue weighted by Crippen LogP contribution is 2.27. The number of aliphatic hydroxyl groups is 2. The van der Waals surface area contributed by atoms with E-state index in [1.54, 1.807) is 18.2 Å². The molecular weight excluding hydrogens is 211 g/mol. The number of hydrogen-bond donors (Lipinski definition) is 2. The molecule has 1 atom stereocenters. The van der Waals surface area contributed by atoms with Gasteiger partial charge in [-0.3, -0.25) is 0 Å². The topological polar surface area (TPSA) is 40.5 Å². The third-order valence-electron chi connectivity index (χ3n) is 1.72. The standard InChI is InChI=1S/C9H10Cl2O2/c10-6-1-2-7(8(11)5-6)9(13)3-4-12/h1-2,5,9,12-13H,3-4H2/t9-/m0/s1. The number of halogens is 2. The Kier molecular flexibility index (Phi) is 4.00. The Morgan fingerprint density at radius 3 is 2.54 bits per heavy atom. The molecule has 0 heterocycles. The third-order valence-corrected chi connectivity index (χ3v) is 2.29. The van der Waals surface area contributed by atoms with Gasteiger partial charge in [0.1, 0.15) is 0 Å². The molecule has 0 aromatic heterocycles. The summed E-state index contributed by atoms with van der Waals surface area (Å²) in [5.74, 6) is 0. The number of rotatable bonds is 3. The van der Waals surface area contributed by atoms with Gasteiger partial charge in [0.25, 0.3) is 0 Å². The zero-order valence-corrected chi connectivity index (χ0v) is 8.39. The van der Waals surface area contributed by atoms with Gasteiger partial charge >= 0.3 is 0 Å². The third kappa shape index (κ3) is 2.85. The van der Waals surface area contributed by atoms with Crippen LogP contribution in [0.1, 0.15) is 18.1 Å². The van der Waals surface area contributed by atoms with Crippen LogP contribution in [0.2, 0.25) is 10.0 Å². The number of aliphatic hydroxyl groups excluding tert-OH is 2. The maximum atomic E-state index is 9.50. The van der Waals surface area contributed by atoms with Crippen LogP contribution in [0.4, 0.5) is 0 Å². The molecule has 2 nitrogen and oxygen atoms in total. The first kappa shape index (κ1) is 10.8. The van der Waals surface area contributed by atoms with E-state index in [0.717, 1.165) is 0 Å². The van der Waals surface area contributed by atoms with Crippen molar-refractivity contribution in [1.82, 2.24) is 0 Å². The van der Waals surface area contributed by atoms with Gasteiger partial charge in [-0.15, -0.1) is 0 Å². The summed E-state index contributed by atoms with van der Waals surface area (Å²) >= 11 is 11.5. The molecule has 0 fully saturated rings. The van der Waals surface area contributed by atoms with E-state index < -0.39 is 6.10 Å². The van der Waals surface area contributed by atoms with Crippen molar-refractivity contribution in [2.75, 3.05) is 6.61 Å². The summed E-state index contributed by atoms with van der Waals surface area (Å²) in [6.07, 6.45) is -0.448. The van der Waals surface area contributed by atoms with Gasteiger partial charge in [-0.1, -0.05) is 29.3 Å². The van der Waals surface area contributed by atoms with Crippen LogP contribution in [0.15, 0.2) is 18.2 Å². The summed E-state index contributed by atoms with van der Waals surface area (Å²) in [6.45, 7) is -0.0693. The van der Waals surface area contributed by atoms with E-state index in [0.29, 0.717) is 15.6 Å². The van der Waals surface area contributed by atoms with E-state index in [1.165, 1.54) is 0 Å². The Balaban J connectivity index is 2.88. The highest BCUT2D eigenvalue weighted by molar-refractivity contribution is 6.35. The molecule has 0 amide bonds. The van der Waals surface area contributed by atoms with E-state index in [2.05, 4.69) is 0 Å². The molecule has 72 valence electrons. The van der Waals surface area contributed by atoms with E-state index in [4.69, 9.17) is 28.3 Å². The lowest BCUT2D eigenvalue weighted by Crippen LogP contribution is -2.00. The van der Waals surface area contributed by atoms with Gasteiger partial charge in [-0.2, -0.15) is 0 Å². The summed E-state index contributed by atoms with van der Waals surface area (Å²) in [7, 11) is 0. The quantitative estimate of drug-likeness (QED) is 0.822. The van der Waals surface area contributed by atoms with Crippen molar-refractivity contribution in [1.29, 1.82) is 0 Å². The lowest BCUT2D eigenvalue weighted by molar-refractivity contribution is 0.134. The van der Waals surface area contributed by atoms with E-state index in [1.807, 2.05) is 0 Å². The lowest BCUT2D eigenvalue weighted by Gasteiger charge is -2.10. The van der Waals surface area contributed by atoms with E-state index >= 15 is 0 Å². The average molecular weight is 221 g/mol. The fraction of sp³-hybridized carbons (Fsp3) is 0.333. The maximum absolute atomic E-state index is 9.50. The number of benzene rings is 1. The van der Waals surface area contributed by atoms with Gasteiger partial charge in [0.15, 0.2) is 0 Å². The fourth-order valence-corrected chi connectivity index (χ4v) is 1.58. The molecule has 0 bridgehead atoms. The molecule has 0 aliphatic heterocycles. The van der Waals surface area contributed by atoms with Crippen LogP contribution < -0.4 is 0 Å². The fourth-order valence-electron chi connectivity index (χ4n) is 1.05. The lowest BCUT2D eigenvalue weighted by atomic mass is 10.1. The predicted molar refractivity (Wildman–Crippen MR) is 53.1 cm³/mol. The molecule has 0 unspecified atom stereocenters.